The van der Waals surface area contributed by atoms with Crippen LogP contribution in [0, 0.1) is 0 Å². The standard InChI is InChI=1S/C11H7N3O/c15-10-7-2-1-4-13-11(7)14-9-3-5-12-6-8(9)10/h1-6H,(H,13,14,15). The van der Waals surface area contributed by atoms with E-state index in [1.165, 1.54) is 0 Å². The largest absolute Gasteiger partial charge is 0.339 e. The van der Waals surface area contributed by atoms with E-state index in [0.29, 0.717) is 16.4 Å². The highest BCUT2D eigenvalue weighted by atomic mass is 16.1. The lowest BCUT2D eigenvalue weighted by Gasteiger charge is -1.99. The maximum atomic E-state index is 12.0. The zero-order valence-electron chi connectivity index (χ0n) is 7.77. The smallest absolute Gasteiger partial charge is 0.200 e. The van der Waals surface area contributed by atoms with Gasteiger partial charge in [0.25, 0.3) is 0 Å². The number of fused-ring (bicyclic) bond motifs is 2. The zero-order valence-corrected chi connectivity index (χ0v) is 7.77. The van der Waals surface area contributed by atoms with E-state index >= 15 is 0 Å². The fourth-order valence-corrected chi connectivity index (χ4v) is 1.65. The summed E-state index contributed by atoms with van der Waals surface area (Å²) in [5.74, 6) is 0. The molecule has 0 amide bonds. The highest BCUT2D eigenvalue weighted by Crippen LogP contribution is 2.10. The lowest BCUT2D eigenvalue weighted by molar-refractivity contribution is 1.29. The van der Waals surface area contributed by atoms with Crippen LogP contribution in [0.15, 0.2) is 41.6 Å². The summed E-state index contributed by atoms with van der Waals surface area (Å²) in [6.45, 7) is 0. The third kappa shape index (κ3) is 1.11. The summed E-state index contributed by atoms with van der Waals surface area (Å²) in [7, 11) is 0. The summed E-state index contributed by atoms with van der Waals surface area (Å²) in [5, 5.41) is 1.19. The molecular weight excluding hydrogens is 190 g/mol. The average Bonchev–Trinajstić information content (AvgIpc) is 2.30. The molecule has 3 aromatic heterocycles. The lowest BCUT2D eigenvalue weighted by Crippen LogP contribution is -2.05. The molecule has 0 saturated heterocycles. The highest BCUT2D eigenvalue weighted by molar-refractivity contribution is 5.89. The molecule has 0 atom stereocenters. The van der Waals surface area contributed by atoms with Crippen molar-refractivity contribution in [3.8, 4) is 0 Å². The predicted molar refractivity (Wildman–Crippen MR) is 57.7 cm³/mol. The van der Waals surface area contributed by atoms with Crippen LogP contribution in [0.2, 0.25) is 0 Å². The van der Waals surface area contributed by atoms with Crippen LogP contribution in [0.5, 0.6) is 0 Å². The Hall–Kier alpha value is -2.23. The Kier molecular flexibility index (Phi) is 1.56. The van der Waals surface area contributed by atoms with E-state index < -0.39 is 0 Å². The minimum atomic E-state index is -0.0278. The number of hydrogen-bond acceptors (Lipinski definition) is 3. The Morgan fingerprint density at radius 1 is 1.13 bits per heavy atom. The average molecular weight is 197 g/mol. The normalized spacial score (nSPS) is 10.9. The van der Waals surface area contributed by atoms with Gasteiger partial charge in [-0.3, -0.25) is 9.78 Å². The SMILES string of the molecule is O=c1c2cnccc2[nH]c2ncccc12. The van der Waals surface area contributed by atoms with Crippen LogP contribution < -0.4 is 5.43 Å². The van der Waals surface area contributed by atoms with Gasteiger partial charge in [0.1, 0.15) is 5.65 Å². The summed E-state index contributed by atoms with van der Waals surface area (Å²) < 4.78 is 0. The lowest BCUT2D eigenvalue weighted by atomic mass is 10.2. The first-order valence-electron chi connectivity index (χ1n) is 4.57. The van der Waals surface area contributed by atoms with Crippen LogP contribution in [0.3, 0.4) is 0 Å². The number of pyridine rings is 3. The Bertz CT molecular complexity index is 646. The fraction of sp³-hybridized carbons (Fsp3) is 0. The third-order valence-corrected chi connectivity index (χ3v) is 2.37. The van der Waals surface area contributed by atoms with Crippen molar-refractivity contribution in [1.29, 1.82) is 0 Å². The van der Waals surface area contributed by atoms with E-state index in [0.717, 1.165) is 5.52 Å². The van der Waals surface area contributed by atoms with E-state index in [-0.39, 0.29) is 5.43 Å². The maximum Gasteiger partial charge on any atom is 0.200 e. The van der Waals surface area contributed by atoms with Crippen molar-refractivity contribution >= 4 is 21.9 Å². The number of nitrogens with one attached hydrogen (secondary N) is 1. The highest BCUT2D eigenvalue weighted by Gasteiger charge is 2.04. The van der Waals surface area contributed by atoms with E-state index in [2.05, 4.69) is 15.0 Å². The third-order valence-electron chi connectivity index (χ3n) is 2.37. The molecule has 0 radical (unpaired) electrons. The number of hydrogen-bond donors (Lipinski definition) is 1. The van der Waals surface area contributed by atoms with Crippen LogP contribution in [0.4, 0.5) is 0 Å². The molecule has 0 bridgehead atoms. The van der Waals surface area contributed by atoms with Gasteiger partial charge in [0.15, 0.2) is 5.43 Å². The molecule has 0 aliphatic rings. The molecule has 0 aromatic carbocycles. The molecule has 0 fully saturated rings. The van der Waals surface area contributed by atoms with Gasteiger partial charge in [-0.05, 0) is 18.2 Å². The minimum absolute atomic E-state index is 0.0278. The Balaban J connectivity index is 2.66. The maximum absolute atomic E-state index is 12.0. The van der Waals surface area contributed by atoms with Crippen LogP contribution in [-0.4, -0.2) is 15.0 Å². The van der Waals surface area contributed by atoms with Gasteiger partial charge in [0.2, 0.25) is 0 Å². The molecule has 1 N–H and O–H groups in total. The van der Waals surface area contributed by atoms with E-state index in [4.69, 9.17) is 0 Å². The molecule has 4 heteroatoms. The second kappa shape index (κ2) is 2.88. The topological polar surface area (TPSA) is 58.6 Å². The number of aromatic nitrogens is 3. The van der Waals surface area contributed by atoms with Crippen LogP contribution in [-0.2, 0) is 0 Å². The molecule has 4 nitrogen and oxygen atoms in total. The van der Waals surface area contributed by atoms with Crippen LogP contribution in [0.25, 0.3) is 21.9 Å². The molecule has 72 valence electrons. The summed E-state index contributed by atoms with van der Waals surface area (Å²) in [6.07, 6.45) is 4.87. The number of rotatable bonds is 0. The Morgan fingerprint density at radius 3 is 3.00 bits per heavy atom. The van der Waals surface area contributed by atoms with Crippen molar-refractivity contribution in [2.45, 2.75) is 0 Å². The van der Waals surface area contributed by atoms with E-state index in [9.17, 15) is 4.79 Å². The van der Waals surface area contributed by atoms with Gasteiger partial charge in [-0.15, -0.1) is 0 Å². The summed E-state index contributed by atoms with van der Waals surface area (Å²) in [6, 6.07) is 5.28. The second-order valence-corrected chi connectivity index (χ2v) is 3.27. The van der Waals surface area contributed by atoms with Crippen molar-refractivity contribution in [3.63, 3.8) is 0 Å². The number of aromatic amines is 1. The van der Waals surface area contributed by atoms with Gasteiger partial charge in [-0.25, -0.2) is 4.98 Å². The molecule has 0 spiro atoms. The molecule has 3 rings (SSSR count). The van der Waals surface area contributed by atoms with Gasteiger partial charge in [-0.1, -0.05) is 0 Å². The summed E-state index contributed by atoms with van der Waals surface area (Å²) in [5.41, 5.74) is 1.35. The molecular formula is C11H7N3O. The summed E-state index contributed by atoms with van der Waals surface area (Å²) in [4.78, 5) is 23.1. The zero-order chi connectivity index (χ0) is 10.3. The van der Waals surface area contributed by atoms with E-state index in [1.807, 2.05) is 0 Å². The van der Waals surface area contributed by atoms with Gasteiger partial charge in [-0.2, -0.15) is 0 Å². The molecule has 0 unspecified atom stereocenters. The molecule has 3 heterocycles. The van der Waals surface area contributed by atoms with Crippen molar-refractivity contribution < 1.29 is 0 Å². The predicted octanol–water partition coefficient (Wildman–Crippen LogP) is 1.47. The van der Waals surface area contributed by atoms with E-state index in [1.54, 1.807) is 36.8 Å². The number of H-pyrrole nitrogens is 1. The number of nitrogens with zero attached hydrogens (tertiary/aromatic N) is 2. The Morgan fingerprint density at radius 2 is 2.07 bits per heavy atom. The molecule has 0 aliphatic heterocycles. The van der Waals surface area contributed by atoms with Crippen LogP contribution in [0.1, 0.15) is 0 Å². The van der Waals surface area contributed by atoms with Crippen molar-refractivity contribution in [2.24, 2.45) is 0 Å². The fourth-order valence-electron chi connectivity index (χ4n) is 1.65. The molecule has 0 saturated carbocycles. The van der Waals surface area contributed by atoms with Crippen molar-refractivity contribution in [2.75, 3.05) is 0 Å². The van der Waals surface area contributed by atoms with Crippen molar-refractivity contribution in [1.82, 2.24) is 15.0 Å². The quantitative estimate of drug-likeness (QED) is 0.555. The summed E-state index contributed by atoms with van der Waals surface area (Å²) >= 11 is 0. The monoisotopic (exact) mass is 197 g/mol. The van der Waals surface area contributed by atoms with Crippen molar-refractivity contribution in [3.05, 3.63) is 47.0 Å². The minimum Gasteiger partial charge on any atom is -0.339 e. The van der Waals surface area contributed by atoms with Gasteiger partial charge in [0, 0.05) is 18.6 Å². The Labute approximate surface area is 84.6 Å². The molecule has 3 aromatic rings. The first-order valence-corrected chi connectivity index (χ1v) is 4.57. The molecule has 0 aliphatic carbocycles. The molecule has 15 heavy (non-hydrogen) atoms. The first kappa shape index (κ1) is 8.11. The second-order valence-electron chi connectivity index (χ2n) is 3.27. The van der Waals surface area contributed by atoms with Gasteiger partial charge in [0.05, 0.1) is 16.3 Å². The first-order chi connectivity index (χ1) is 7.36. The van der Waals surface area contributed by atoms with Gasteiger partial charge >= 0.3 is 0 Å². The van der Waals surface area contributed by atoms with Gasteiger partial charge < -0.3 is 4.98 Å². The van der Waals surface area contributed by atoms with Crippen LogP contribution >= 0.6 is 0 Å².